The summed E-state index contributed by atoms with van der Waals surface area (Å²) in [6.07, 6.45) is -0.508. The van der Waals surface area contributed by atoms with E-state index in [1.54, 1.807) is 0 Å². The highest BCUT2D eigenvalue weighted by atomic mass is 16.7. The Morgan fingerprint density at radius 3 is 2.84 bits per heavy atom. The molecule has 5 heteroatoms. The minimum Gasteiger partial charge on any atom is -0.457 e. The van der Waals surface area contributed by atoms with Gasteiger partial charge in [0.25, 0.3) is 12.3 Å². The first-order valence-corrected chi connectivity index (χ1v) is 6.04. The van der Waals surface area contributed by atoms with Gasteiger partial charge < -0.3 is 9.47 Å². The topological polar surface area (TPSA) is 61.6 Å². The molecule has 0 aromatic heterocycles. The van der Waals surface area contributed by atoms with Crippen LogP contribution < -0.4 is 4.74 Å². The second kappa shape index (κ2) is 4.51. The zero-order valence-electron chi connectivity index (χ0n) is 10.4. The molecule has 0 spiro atoms. The lowest BCUT2D eigenvalue weighted by Gasteiger charge is -2.28. The fourth-order valence-corrected chi connectivity index (χ4v) is 2.53. The van der Waals surface area contributed by atoms with Crippen LogP contribution >= 0.6 is 0 Å². The predicted molar refractivity (Wildman–Crippen MR) is 69.9 cm³/mol. The van der Waals surface area contributed by atoms with Crippen LogP contribution in [0.5, 0.6) is 5.75 Å². The van der Waals surface area contributed by atoms with E-state index >= 15 is 0 Å². The van der Waals surface area contributed by atoms with Gasteiger partial charge in [-0.3, -0.25) is 10.1 Å². The first-order chi connectivity index (χ1) is 9.20. The summed E-state index contributed by atoms with van der Waals surface area (Å²) in [4.78, 5) is 10.8. The van der Waals surface area contributed by atoms with Gasteiger partial charge in [0.1, 0.15) is 5.75 Å². The molecule has 19 heavy (non-hydrogen) atoms. The van der Waals surface area contributed by atoms with Gasteiger partial charge in [0.05, 0.1) is 6.42 Å². The van der Waals surface area contributed by atoms with E-state index in [9.17, 15) is 10.1 Å². The Kier molecular flexibility index (Phi) is 2.83. The van der Waals surface area contributed by atoms with Crippen molar-refractivity contribution in [1.29, 1.82) is 0 Å². The van der Waals surface area contributed by atoms with Crippen molar-refractivity contribution in [1.82, 2.24) is 0 Å². The minimum atomic E-state index is -0.872. The molecule has 2 aromatic carbocycles. The third-order valence-electron chi connectivity index (χ3n) is 3.47. The number of methoxy groups -OCH3 is 1. The van der Waals surface area contributed by atoms with Crippen molar-refractivity contribution in [3.8, 4) is 5.75 Å². The first-order valence-electron chi connectivity index (χ1n) is 6.04. The van der Waals surface area contributed by atoms with E-state index in [0.29, 0.717) is 12.2 Å². The second-order valence-electron chi connectivity index (χ2n) is 4.54. The number of hydrogen-bond acceptors (Lipinski definition) is 4. The molecule has 1 aliphatic rings. The van der Waals surface area contributed by atoms with Crippen molar-refractivity contribution < 1.29 is 14.4 Å². The van der Waals surface area contributed by atoms with E-state index in [0.717, 1.165) is 16.3 Å². The highest BCUT2D eigenvalue weighted by molar-refractivity contribution is 5.88. The highest BCUT2D eigenvalue weighted by Gasteiger charge is 2.39. The smallest absolute Gasteiger partial charge is 0.278 e. The third-order valence-corrected chi connectivity index (χ3v) is 3.47. The van der Waals surface area contributed by atoms with Crippen molar-refractivity contribution in [2.75, 3.05) is 7.11 Å². The fraction of sp³-hybridized carbons (Fsp3) is 0.286. The summed E-state index contributed by atoms with van der Waals surface area (Å²) in [5.41, 5.74) is 0.883. The molecule has 0 fully saturated rings. The summed E-state index contributed by atoms with van der Waals surface area (Å²) >= 11 is 0. The number of benzene rings is 2. The SMILES string of the molecule is COC1Oc2ccc3ccccc3c2CC1[N+](=O)[O-]. The average Bonchev–Trinajstić information content (AvgIpc) is 2.45. The fourth-order valence-electron chi connectivity index (χ4n) is 2.53. The summed E-state index contributed by atoms with van der Waals surface area (Å²) in [5, 5.41) is 13.2. The molecule has 0 bridgehead atoms. The standard InChI is InChI=1S/C14H13NO4/c1-18-14-12(15(16)17)8-11-10-5-3-2-4-9(10)6-7-13(11)19-14/h2-7,12,14H,8H2,1H3. The summed E-state index contributed by atoms with van der Waals surface area (Å²) in [6, 6.07) is 10.7. The Bertz CT molecular complexity index is 640. The van der Waals surface area contributed by atoms with Crippen molar-refractivity contribution in [3.63, 3.8) is 0 Å². The summed E-state index contributed by atoms with van der Waals surface area (Å²) in [7, 11) is 1.42. The van der Waals surface area contributed by atoms with Crippen LogP contribution in [0.2, 0.25) is 0 Å². The van der Waals surface area contributed by atoms with E-state index in [1.165, 1.54) is 7.11 Å². The molecule has 1 aliphatic heterocycles. The van der Waals surface area contributed by atoms with Gasteiger partial charge in [0.2, 0.25) is 0 Å². The van der Waals surface area contributed by atoms with Gasteiger partial charge in [-0.2, -0.15) is 0 Å². The normalized spacial score (nSPS) is 21.7. The van der Waals surface area contributed by atoms with Gasteiger partial charge in [-0.25, -0.2) is 0 Å². The largest absolute Gasteiger partial charge is 0.457 e. The number of nitrogens with zero attached hydrogens (tertiary/aromatic N) is 1. The maximum absolute atomic E-state index is 11.1. The Balaban J connectivity index is 2.13. The zero-order chi connectivity index (χ0) is 13.4. The van der Waals surface area contributed by atoms with Gasteiger partial charge in [0.15, 0.2) is 0 Å². The number of nitro groups is 1. The van der Waals surface area contributed by atoms with E-state index in [2.05, 4.69) is 0 Å². The molecule has 0 radical (unpaired) electrons. The molecule has 0 amide bonds. The van der Waals surface area contributed by atoms with Gasteiger partial charge >= 0.3 is 0 Å². The lowest BCUT2D eigenvalue weighted by Crippen LogP contribution is -2.43. The Labute approximate surface area is 109 Å². The summed E-state index contributed by atoms with van der Waals surface area (Å²) in [6.45, 7) is 0. The first kappa shape index (κ1) is 11.9. The van der Waals surface area contributed by atoms with Crippen LogP contribution in [0.1, 0.15) is 5.56 Å². The lowest BCUT2D eigenvalue weighted by atomic mass is 9.95. The number of ether oxygens (including phenoxy) is 2. The molecule has 0 N–H and O–H groups in total. The molecule has 5 nitrogen and oxygen atoms in total. The van der Waals surface area contributed by atoms with Crippen LogP contribution in [-0.4, -0.2) is 24.4 Å². The number of hydrogen-bond donors (Lipinski definition) is 0. The molecule has 0 saturated heterocycles. The number of rotatable bonds is 2. The molecular weight excluding hydrogens is 246 g/mol. The minimum absolute atomic E-state index is 0.322. The third kappa shape index (κ3) is 1.92. The Morgan fingerprint density at radius 2 is 2.11 bits per heavy atom. The van der Waals surface area contributed by atoms with Gasteiger partial charge in [-0.15, -0.1) is 0 Å². The Morgan fingerprint density at radius 1 is 1.32 bits per heavy atom. The van der Waals surface area contributed by atoms with E-state index in [-0.39, 0.29) is 4.92 Å². The summed E-state index contributed by atoms with van der Waals surface area (Å²) < 4.78 is 10.7. The van der Waals surface area contributed by atoms with Crippen LogP contribution in [0.25, 0.3) is 10.8 Å². The second-order valence-corrected chi connectivity index (χ2v) is 4.54. The van der Waals surface area contributed by atoms with Crippen molar-refractivity contribution >= 4 is 10.8 Å². The molecule has 3 rings (SSSR count). The lowest BCUT2D eigenvalue weighted by molar-refractivity contribution is -0.546. The maximum Gasteiger partial charge on any atom is 0.278 e. The molecule has 1 heterocycles. The number of fused-ring (bicyclic) bond motifs is 3. The quantitative estimate of drug-likeness (QED) is 0.613. The van der Waals surface area contributed by atoms with Crippen molar-refractivity contribution in [2.45, 2.75) is 18.8 Å². The molecule has 2 aromatic rings. The van der Waals surface area contributed by atoms with Gasteiger partial charge in [-0.05, 0) is 16.8 Å². The molecule has 2 unspecified atom stereocenters. The molecule has 0 aliphatic carbocycles. The van der Waals surface area contributed by atoms with E-state index < -0.39 is 12.3 Å². The van der Waals surface area contributed by atoms with Gasteiger partial charge in [0, 0.05) is 17.6 Å². The Hall–Kier alpha value is -2.14. The molecule has 98 valence electrons. The molecule has 2 atom stereocenters. The average molecular weight is 259 g/mol. The monoisotopic (exact) mass is 259 g/mol. The van der Waals surface area contributed by atoms with Crippen LogP contribution in [0, 0.1) is 10.1 Å². The van der Waals surface area contributed by atoms with Crippen LogP contribution in [0.4, 0.5) is 0 Å². The van der Waals surface area contributed by atoms with E-state index in [1.807, 2.05) is 36.4 Å². The van der Waals surface area contributed by atoms with Crippen LogP contribution in [0.15, 0.2) is 36.4 Å². The van der Waals surface area contributed by atoms with Gasteiger partial charge in [-0.1, -0.05) is 30.3 Å². The predicted octanol–water partition coefficient (Wildman–Crippen LogP) is 2.39. The van der Waals surface area contributed by atoms with Crippen molar-refractivity contribution in [2.24, 2.45) is 0 Å². The molecular formula is C14H13NO4. The van der Waals surface area contributed by atoms with Crippen LogP contribution in [0.3, 0.4) is 0 Å². The zero-order valence-corrected chi connectivity index (χ0v) is 10.4. The van der Waals surface area contributed by atoms with Crippen LogP contribution in [-0.2, 0) is 11.2 Å². The van der Waals surface area contributed by atoms with Crippen molar-refractivity contribution in [3.05, 3.63) is 52.1 Å². The maximum atomic E-state index is 11.1. The summed E-state index contributed by atoms with van der Waals surface area (Å²) in [5.74, 6) is 0.670. The molecule has 0 saturated carbocycles. The van der Waals surface area contributed by atoms with E-state index in [4.69, 9.17) is 9.47 Å². The highest BCUT2D eigenvalue weighted by Crippen LogP contribution is 2.34.